The number of nitrogens with two attached hydrogens (primary N) is 1. The lowest BCUT2D eigenvalue weighted by molar-refractivity contribution is -0.384. The number of anilines is 1. The summed E-state index contributed by atoms with van der Waals surface area (Å²) < 4.78 is 0. The van der Waals surface area contributed by atoms with Gasteiger partial charge < -0.3 is 11.1 Å². The number of nitro benzene ring substituents is 1. The van der Waals surface area contributed by atoms with Crippen LogP contribution in [-0.4, -0.2) is 16.7 Å². The first-order valence-electron chi connectivity index (χ1n) is 7.97. The van der Waals surface area contributed by atoms with E-state index in [0.29, 0.717) is 16.5 Å². The summed E-state index contributed by atoms with van der Waals surface area (Å²) in [5.41, 5.74) is 6.48. The van der Waals surface area contributed by atoms with Gasteiger partial charge in [-0.15, -0.1) is 11.3 Å². The average Bonchev–Trinajstić information content (AvgIpc) is 2.91. The summed E-state index contributed by atoms with van der Waals surface area (Å²) in [6.45, 7) is 2.10. The molecular formula is C17H16ClN3O4S. The minimum atomic E-state index is -0.618. The van der Waals surface area contributed by atoms with Crippen LogP contribution >= 0.6 is 22.9 Å². The van der Waals surface area contributed by atoms with Gasteiger partial charge in [-0.25, -0.2) is 0 Å². The highest BCUT2D eigenvalue weighted by Crippen LogP contribution is 2.39. The summed E-state index contributed by atoms with van der Waals surface area (Å²) >= 11 is 7.33. The zero-order chi connectivity index (χ0) is 19.0. The van der Waals surface area contributed by atoms with E-state index in [1.807, 2.05) is 0 Å². The minimum Gasteiger partial charge on any atom is -0.365 e. The Morgan fingerprint density at radius 3 is 2.81 bits per heavy atom. The predicted octanol–water partition coefficient (Wildman–Crippen LogP) is 3.79. The summed E-state index contributed by atoms with van der Waals surface area (Å²) in [5, 5.41) is 14.0. The molecule has 9 heteroatoms. The zero-order valence-corrected chi connectivity index (χ0v) is 15.4. The number of primary amides is 1. The molecule has 2 amide bonds. The highest BCUT2D eigenvalue weighted by molar-refractivity contribution is 7.17. The maximum Gasteiger partial charge on any atom is 0.270 e. The molecule has 3 N–H and O–H groups in total. The molecule has 26 heavy (non-hydrogen) atoms. The van der Waals surface area contributed by atoms with Gasteiger partial charge in [-0.05, 0) is 36.8 Å². The van der Waals surface area contributed by atoms with E-state index in [9.17, 15) is 19.7 Å². The number of non-ortho nitro benzene ring substituents is 1. The largest absolute Gasteiger partial charge is 0.365 e. The second-order valence-corrected chi connectivity index (χ2v) is 7.81. The lowest BCUT2D eigenvalue weighted by Gasteiger charge is -2.18. The van der Waals surface area contributed by atoms with Gasteiger partial charge in [0.25, 0.3) is 17.5 Å². The van der Waals surface area contributed by atoms with Crippen molar-refractivity contribution in [1.82, 2.24) is 0 Å². The van der Waals surface area contributed by atoms with Crippen LogP contribution in [0.5, 0.6) is 0 Å². The van der Waals surface area contributed by atoms with Gasteiger partial charge in [0.15, 0.2) is 0 Å². The average molecular weight is 394 g/mol. The predicted molar refractivity (Wildman–Crippen MR) is 100 cm³/mol. The van der Waals surface area contributed by atoms with Crippen molar-refractivity contribution in [3.63, 3.8) is 0 Å². The molecule has 136 valence electrons. The van der Waals surface area contributed by atoms with Crippen molar-refractivity contribution in [3.8, 4) is 0 Å². The number of hydrogen-bond acceptors (Lipinski definition) is 5. The number of amides is 2. The highest BCUT2D eigenvalue weighted by Gasteiger charge is 2.28. The Hall–Kier alpha value is -2.45. The quantitative estimate of drug-likeness (QED) is 0.607. The van der Waals surface area contributed by atoms with Crippen LogP contribution in [0.3, 0.4) is 0 Å². The Morgan fingerprint density at radius 2 is 2.15 bits per heavy atom. The maximum absolute atomic E-state index is 12.6. The van der Waals surface area contributed by atoms with Crippen molar-refractivity contribution in [2.75, 3.05) is 5.32 Å². The molecule has 7 nitrogen and oxygen atoms in total. The lowest BCUT2D eigenvalue weighted by atomic mass is 9.87. The van der Waals surface area contributed by atoms with Gasteiger partial charge in [-0.3, -0.25) is 19.7 Å². The summed E-state index contributed by atoms with van der Waals surface area (Å²) in [7, 11) is 0. The highest BCUT2D eigenvalue weighted by atomic mass is 35.5. The van der Waals surface area contributed by atoms with Gasteiger partial charge >= 0.3 is 0 Å². The molecule has 0 bridgehead atoms. The minimum absolute atomic E-state index is 0.0315. The number of rotatable bonds is 4. The normalized spacial score (nSPS) is 16.0. The van der Waals surface area contributed by atoms with E-state index in [1.54, 1.807) is 0 Å². The molecule has 1 heterocycles. The van der Waals surface area contributed by atoms with Gasteiger partial charge in [-0.1, -0.05) is 18.5 Å². The Bertz CT molecular complexity index is 925. The topological polar surface area (TPSA) is 115 Å². The fourth-order valence-electron chi connectivity index (χ4n) is 3.08. The van der Waals surface area contributed by atoms with Crippen LogP contribution in [0.1, 0.15) is 44.5 Å². The van der Waals surface area contributed by atoms with Crippen LogP contribution in [0, 0.1) is 16.0 Å². The Kier molecular flexibility index (Phi) is 4.97. The number of fused-ring (bicyclic) bond motifs is 1. The second kappa shape index (κ2) is 7.05. The molecule has 3 rings (SSSR count). The van der Waals surface area contributed by atoms with E-state index in [2.05, 4.69) is 12.2 Å². The third kappa shape index (κ3) is 3.42. The monoisotopic (exact) mass is 393 g/mol. The first kappa shape index (κ1) is 18.3. The van der Waals surface area contributed by atoms with Crippen LogP contribution in [0.4, 0.5) is 10.7 Å². The summed E-state index contributed by atoms with van der Waals surface area (Å²) in [4.78, 5) is 35.9. The fourth-order valence-corrected chi connectivity index (χ4v) is 4.53. The Morgan fingerprint density at radius 1 is 1.42 bits per heavy atom. The smallest absolute Gasteiger partial charge is 0.270 e. The number of nitrogens with zero attached hydrogens (tertiary/aromatic N) is 1. The third-order valence-corrected chi connectivity index (χ3v) is 5.92. The van der Waals surface area contributed by atoms with Crippen molar-refractivity contribution in [3.05, 3.63) is 54.9 Å². The van der Waals surface area contributed by atoms with E-state index in [1.165, 1.54) is 23.5 Å². The van der Waals surface area contributed by atoms with E-state index in [-0.39, 0.29) is 16.3 Å². The first-order chi connectivity index (χ1) is 12.3. The van der Waals surface area contributed by atoms with Crippen molar-refractivity contribution < 1.29 is 14.5 Å². The molecule has 0 fully saturated rings. The molecule has 0 unspecified atom stereocenters. The molecular weight excluding hydrogens is 378 g/mol. The molecule has 1 aromatic heterocycles. The molecule has 1 atom stereocenters. The van der Waals surface area contributed by atoms with Gasteiger partial charge in [0.05, 0.1) is 21.1 Å². The Balaban J connectivity index is 1.97. The molecule has 0 saturated carbocycles. The molecule has 0 saturated heterocycles. The van der Waals surface area contributed by atoms with Crippen molar-refractivity contribution in [1.29, 1.82) is 0 Å². The maximum atomic E-state index is 12.6. The number of carbonyl (C=O) groups excluding carboxylic acids is 2. The van der Waals surface area contributed by atoms with Gasteiger partial charge in [-0.2, -0.15) is 0 Å². The number of aryl methyl sites for hydroxylation is 1. The van der Waals surface area contributed by atoms with E-state index >= 15 is 0 Å². The van der Waals surface area contributed by atoms with Gasteiger partial charge in [0, 0.05) is 17.0 Å². The van der Waals surface area contributed by atoms with Crippen LogP contribution in [0.2, 0.25) is 5.02 Å². The summed E-state index contributed by atoms with van der Waals surface area (Å²) in [5.74, 6) is -0.783. The van der Waals surface area contributed by atoms with E-state index in [0.717, 1.165) is 35.8 Å². The van der Waals surface area contributed by atoms with Gasteiger partial charge in [0.1, 0.15) is 5.00 Å². The van der Waals surface area contributed by atoms with Crippen molar-refractivity contribution in [2.45, 2.75) is 26.2 Å². The SMILES string of the molecule is C[C@H]1CCc2sc(NC(=O)c3cc([N+](=O)[O-])ccc3Cl)c(C(N)=O)c2C1. The molecule has 1 aromatic carbocycles. The number of nitrogens with one attached hydrogen (secondary N) is 1. The van der Waals surface area contributed by atoms with E-state index < -0.39 is 16.7 Å². The third-order valence-electron chi connectivity index (χ3n) is 4.39. The number of halogens is 1. The number of thiophene rings is 1. The number of benzene rings is 1. The molecule has 0 spiro atoms. The number of hydrogen-bond donors (Lipinski definition) is 2. The van der Waals surface area contributed by atoms with Gasteiger partial charge in [0.2, 0.25) is 0 Å². The first-order valence-corrected chi connectivity index (χ1v) is 9.17. The zero-order valence-electron chi connectivity index (χ0n) is 13.9. The second-order valence-electron chi connectivity index (χ2n) is 6.30. The molecule has 1 aliphatic rings. The van der Waals surface area contributed by atoms with Crippen molar-refractivity contribution in [2.24, 2.45) is 11.7 Å². The van der Waals surface area contributed by atoms with Crippen LogP contribution < -0.4 is 11.1 Å². The summed E-state index contributed by atoms with van der Waals surface area (Å²) in [6.07, 6.45) is 2.57. The number of nitro groups is 1. The molecule has 1 aliphatic carbocycles. The van der Waals surface area contributed by atoms with Crippen LogP contribution in [0.25, 0.3) is 0 Å². The van der Waals surface area contributed by atoms with E-state index in [4.69, 9.17) is 17.3 Å². The fraction of sp³-hybridized carbons (Fsp3) is 0.294. The van der Waals surface area contributed by atoms with Crippen LogP contribution in [-0.2, 0) is 12.8 Å². The molecule has 0 aliphatic heterocycles. The lowest BCUT2D eigenvalue weighted by Crippen LogP contribution is -2.20. The number of carbonyl (C=O) groups is 2. The van der Waals surface area contributed by atoms with Crippen LogP contribution in [0.15, 0.2) is 18.2 Å². The van der Waals surface area contributed by atoms with Crippen molar-refractivity contribution >= 4 is 45.4 Å². The molecule has 0 radical (unpaired) electrons. The Labute approximate surface area is 158 Å². The summed E-state index contributed by atoms with van der Waals surface area (Å²) in [6, 6.07) is 3.63. The standard InChI is InChI=1S/C17H16ClN3O4S/c1-8-2-5-13-11(6-8)14(15(19)22)17(26-13)20-16(23)10-7-9(21(24)25)3-4-12(10)18/h3-4,7-8H,2,5-6H2,1H3,(H2,19,22)(H,20,23)/t8-/m0/s1. The molecule has 2 aromatic rings.